The molecule has 21 heavy (non-hydrogen) atoms. The first-order valence-corrected chi connectivity index (χ1v) is 7.62. The highest BCUT2D eigenvalue weighted by molar-refractivity contribution is 5.45. The lowest BCUT2D eigenvalue weighted by atomic mass is 9.72. The molecule has 1 aliphatic rings. The van der Waals surface area contributed by atoms with Crippen molar-refractivity contribution < 1.29 is 14.6 Å². The first-order valence-electron chi connectivity index (χ1n) is 7.62. The average Bonchev–Trinajstić information content (AvgIpc) is 2.47. The summed E-state index contributed by atoms with van der Waals surface area (Å²) < 4.78 is 4.84. The molecule has 1 fully saturated rings. The first kappa shape index (κ1) is 16.0. The number of benzene rings is 1. The van der Waals surface area contributed by atoms with Crippen molar-refractivity contribution in [3.63, 3.8) is 0 Å². The Labute approximate surface area is 126 Å². The van der Waals surface area contributed by atoms with Crippen molar-refractivity contribution in [1.29, 1.82) is 0 Å². The lowest BCUT2D eigenvalue weighted by Crippen LogP contribution is -2.42. The smallest absolute Gasteiger partial charge is 0.298 e. The monoisotopic (exact) mass is 291 g/mol. The van der Waals surface area contributed by atoms with Gasteiger partial charge >= 0.3 is 0 Å². The number of likely N-dealkylation sites (N-methyl/N-ethyl adjacent to an activating group) is 1. The normalized spacial score (nSPS) is 19.2. The Balaban J connectivity index is 2.24. The van der Waals surface area contributed by atoms with Gasteiger partial charge in [-0.25, -0.2) is 0 Å². The van der Waals surface area contributed by atoms with E-state index in [9.17, 15) is 9.90 Å². The highest BCUT2D eigenvalue weighted by Gasteiger charge is 2.38. The van der Waals surface area contributed by atoms with Gasteiger partial charge in [-0.1, -0.05) is 31.4 Å². The summed E-state index contributed by atoms with van der Waals surface area (Å²) in [6.07, 6.45) is 5.11. The van der Waals surface area contributed by atoms with E-state index in [0.29, 0.717) is 12.2 Å². The molecule has 2 rings (SSSR count). The lowest BCUT2D eigenvalue weighted by Gasteiger charge is -2.40. The third kappa shape index (κ3) is 4.05. The van der Waals surface area contributed by atoms with Crippen molar-refractivity contribution in [2.45, 2.75) is 43.6 Å². The van der Waals surface area contributed by atoms with Gasteiger partial charge in [0.15, 0.2) is 0 Å². The largest absolute Gasteiger partial charge is 0.429 e. The van der Waals surface area contributed by atoms with Gasteiger partial charge < -0.3 is 14.7 Å². The van der Waals surface area contributed by atoms with E-state index in [1.54, 1.807) is 12.1 Å². The van der Waals surface area contributed by atoms with Gasteiger partial charge in [0.2, 0.25) is 0 Å². The molecule has 0 radical (unpaired) electrons. The predicted molar refractivity (Wildman–Crippen MR) is 82.5 cm³/mol. The van der Waals surface area contributed by atoms with Gasteiger partial charge in [-0.15, -0.1) is 0 Å². The molecule has 0 aromatic heterocycles. The molecule has 0 bridgehead atoms. The van der Waals surface area contributed by atoms with Gasteiger partial charge in [-0.2, -0.15) is 0 Å². The van der Waals surface area contributed by atoms with Crippen LogP contribution in [0.2, 0.25) is 0 Å². The Kier molecular flexibility index (Phi) is 5.37. The molecule has 1 aromatic rings. The zero-order valence-corrected chi connectivity index (χ0v) is 12.9. The van der Waals surface area contributed by atoms with E-state index in [0.717, 1.165) is 37.8 Å². The Bertz CT molecular complexity index is 450. The lowest BCUT2D eigenvalue weighted by molar-refractivity contribution is -0.120. The van der Waals surface area contributed by atoms with Crippen molar-refractivity contribution in [2.24, 2.45) is 0 Å². The SMILES string of the molecule is CN(C)CC(c1ccc(OC=O)cc1)C1(O)CCCCC1. The van der Waals surface area contributed by atoms with Crippen molar-refractivity contribution >= 4 is 6.47 Å². The minimum Gasteiger partial charge on any atom is -0.429 e. The molecule has 1 N–H and O–H groups in total. The summed E-state index contributed by atoms with van der Waals surface area (Å²) in [5.74, 6) is 0.617. The Morgan fingerprint density at radius 1 is 1.24 bits per heavy atom. The fourth-order valence-electron chi connectivity index (χ4n) is 3.30. The maximum absolute atomic E-state index is 11.1. The van der Waals surface area contributed by atoms with E-state index < -0.39 is 5.60 Å². The van der Waals surface area contributed by atoms with Crippen LogP contribution in [0.3, 0.4) is 0 Å². The van der Waals surface area contributed by atoms with Gasteiger partial charge in [0.1, 0.15) is 5.75 Å². The molecule has 1 saturated carbocycles. The number of carbonyl (C=O) groups excluding carboxylic acids is 1. The van der Waals surface area contributed by atoms with Crippen molar-refractivity contribution in [2.75, 3.05) is 20.6 Å². The van der Waals surface area contributed by atoms with Crippen LogP contribution in [0.5, 0.6) is 5.75 Å². The molecule has 0 saturated heterocycles. The van der Waals surface area contributed by atoms with Gasteiger partial charge in [-0.3, -0.25) is 4.79 Å². The summed E-state index contributed by atoms with van der Waals surface area (Å²) in [6, 6.07) is 7.50. The van der Waals surface area contributed by atoms with E-state index in [-0.39, 0.29) is 5.92 Å². The van der Waals surface area contributed by atoms with E-state index >= 15 is 0 Å². The highest BCUT2D eigenvalue weighted by atomic mass is 16.5. The summed E-state index contributed by atoms with van der Waals surface area (Å²) in [7, 11) is 4.06. The number of hydrogen-bond donors (Lipinski definition) is 1. The topological polar surface area (TPSA) is 49.8 Å². The first-order chi connectivity index (χ1) is 10.0. The third-order valence-electron chi connectivity index (χ3n) is 4.38. The second-order valence-electron chi connectivity index (χ2n) is 6.26. The summed E-state index contributed by atoms with van der Waals surface area (Å²) >= 11 is 0. The van der Waals surface area contributed by atoms with Crippen LogP contribution in [0, 0.1) is 0 Å². The van der Waals surface area contributed by atoms with Gasteiger partial charge in [0, 0.05) is 12.5 Å². The molecule has 0 heterocycles. The fraction of sp³-hybridized carbons (Fsp3) is 0.588. The number of nitrogens with zero attached hydrogens (tertiary/aromatic N) is 1. The quantitative estimate of drug-likeness (QED) is 0.818. The molecule has 4 heteroatoms. The average molecular weight is 291 g/mol. The van der Waals surface area contributed by atoms with Crippen LogP contribution in [-0.2, 0) is 4.79 Å². The Hall–Kier alpha value is -1.39. The molecule has 4 nitrogen and oxygen atoms in total. The van der Waals surface area contributed by atoms with Crippen LogP contribution in [-0.4, -0.2) is 42.7 Å². The number of hydrogen-bond acceptors (Lipinski definition) is 4. The predicted octanol–water partition coefficient (Wildman–Crippen LogP) is 2.56. The van der Waals surface area contributed by atoms with Gasteiger partial charge in [-0.05, 0) is 44.6 Å². The number of carbonyl (C=O) groups is 1. The maximum atomic E-state index is 11.1. The summed E-state index contributed by atoms with van der Waals surface area (Å²) in [4.78, 5) is 12.5. The zero-order valence-electron chi connectivity index (χ0n) is 12.9. The molecular weight excluding hydrogens is 266 g/mol. The zero-order chi connectivity index (χ0) is 15.3. The Morgan fingerprint density at radius 2 is 1.86 bits per heavy atom. The minimum absolute atomic E-state index is 0.0816. The van der Waals surface area contributed by atoms with E-state index in [1.807, 2.05) is 26.2 Å². The van der Waals surface area contributed by atoms with Crippen LogP contribution in [0.4, 0.5) is 0 Å². The fourth-order valence-corrected chi connectivity index (χ4v) is 3.30. The second kappa shape index (κ2) is 7.05. The van der Waals surface area contributed by atoms with Crippen LogP contribution in [0.25, 0.3) is 0 Å². The molecule has 0 aliphatic heterocycles. The van der Waals surface area contributed by atoms with Crippen molar-refractivity contribution in [1.82, 2.24) is 4.90 Å². The molecule has 0 amide bonds. The summed E-state index contributed by atoms with van der Waals surface area (Å²) in [5, 5.41) is 11.1. The summed E-state index contributed by atoms with van der Waals surface area (Å²) in [5.41, 5.74) is 0.474. The van der Waals surface area contributed by atoms with E-state index in [4.69, 9.17) is 4.74 Å². The van der Waals surface area contributed by atoms with Crippen LogP contribution in [0.15, 0.2) is 24.3 Å². The van der Waals surface area contributed by atoms with Crippen LogP contribution >= 0.6 is 0 Å². The molecule has 1 aromatic carbocycles. The molecule has 1 aliphatic carbocycles. The molecule has 1 atom stereocenters. The van der Waals surface area contributed by atoms with Crippen molar-refractivity contribution in [3.05, 3.63) is 29.8 Å². The molecule has 1 unspecified atom stereocenters. The standard InChI is InChI=1S/C17H25NO3/c1-18(2)12-16(17(20)10-4-3-5-11-17)14-6-8-15(9-7-14)21-13-19/h6-9,13,16,20H,3-5,10-12H2,1-2H3. The van der Waals surface area contributed by atoms with E-state index in [2.05, 4.69) is 4.90 Å². The highest BCUT2D eigenvalue weighted by Crippen LogP contribution is 2.40. The molecular formula is C17H25NO3. The third-order valence-corrected chi connectivity index (χ3v) is 4.38. The minimum atomic E-state index is -0.629. The van der Waals surface area contributed by atoms with Crippen LogP contribution in [0.1, 0.15) is 43.6 Å². The maximum Gasteiger partial charge on any atom is 0.298 e. The second-order valence-corrected chi connectivity index (χ2v) is 6.26. The number of ether oxygens (including phenoxy) is 1. The van der Waals surface area contributed by atoms with Crippen molar-refractivity contribution in [3.8, 4) is 5.75 Å². The Morgan fingerprint density at radius 3 is 2.38 bits per heavy atom. The van der Waals surface area contributed by atoms with Crippen LogP contribution < -0.4 is 4.74 Å². The molecule has 116 valence electrons. The number of rotatable bonds is 6. The van der Waals surface area contributed by atoms with Gasteiger partial charge in [0.25, 0.3) is 6.47 Å². The van der Waals surface area contributed by atoms with Gasteiger partial charge in [0.05, 0.1) is 5.60 Å². The molecule has 0 spiro atoms. The summed E-state index contributed by atoms with van der Waals surface area (Å²) in [6.45, 7) is 1.24. The number of aliphatic hydroxyl groups is 1. The van der Waals surface area contributed by atoms with E-state index in [1.165, 1.54) is 6.42 Å².